The van der Waals surface area contributed by atoms with Gasteiger partial charge in [0.05, 0.1) is 11.8 Å². The van der Waals surface area contributed by atoms with Crippen molar-refractivity contribution in [1.29, 1.82) is 0 Å². The monoisotopic (exact) mass is 386 g/mol. The van der Waals surface area contributed by atoms with E-state index in [-0.39, 0.29) is 19.4 Å². The highest BCUT2D eigenvalue weighted by Crippen LogP contribution is 2.35. The quantitative estimate of drug-likeness (QED) is 0.484. The average Bonchev–Trinajstić information content (AvgIpc) is 3.10. The summed E-state index contributed by atoms with van der Waals surface area (Å²) in [5.74, 6) is -3.67. The molecular weight excluding hydrogens is 364 g/mol. The minimum atomic E-state index is -2.13. The van der Waals surface area contributed by atoms with Crippen LogP contribution in [0.3, 0.4) is 0 Å². The number of nitrogens with zero attached hydrogens (tertiary/aromatic N) is 1. The molecule has 0 bridgehead atoms. The fourth-order valence-electron chi connectivity index (χ4n) is 2.45. The highest BCUT2D eigenvalue weighted by atomic mass is 16.8. The van der Waals surface area contributed by atoms with Gasteiger partial charge in [0.1, 0.15) is 12.6 Å². The Kier molecular flexibility index (Phi) is 5.73. The number of ether oxygens (including phenoxy) is 3. The summed E-state index contributed by atoms with van der Waals surface area (Å²) in [6, 6.07) is -1.02. The Hall–Kier alpha value is -2.69. The minimum absolute atomic E-state index is 0.144. The van der Waals surface area contributed by atoms with Crippen LogP contribution in [0.15, 0.2) is 0 Å². The highest BCUT2D eigenvalue weighted by Gasteiger charge is 2.60. The molecule has 2 fully saturated rings. The molecule has 1 unspecified atom stereocenters. The van der Waals surface area contributed by atoms with E-state index in [9.17, 15) is 24.0 Å². The Bertz CT molecular complexity index is 669. The largest absolute Gasteiger partial charge is 0.427 e. The van der Waals surface area contributed by atoms with Gasteiger partial charge in [-0.1, -0.05) is 0 Å². The Morgan fingerprint density at radius 2 is 1.93 bits per heavy atom. The van der Waals surface area contributed by atoms with E-state index in [2.05, 4.69) is 5.32 Å². The van der Waals surface area contributed by atoms with E-state index in [4.69, 9.17) is 19.0 Å². The number of hydrogen-bond donors (Lipinski definition) is 1. The number of carbonyl (C=O) groups is 5. The molecule has 2 atom stereocenters. The molecule has 11 nitrogen and oxygen atoms in total. The lowest BCUT2D eigenvalue weighted by atomic mass is 9.98. The predicted octanol–water partition coefficient (Wildman–Crippen LogP) is -0.612. The lowest BCUT2D eigenvalue weighted by molar-refractivity contribution is -0.262. The van der Waals surface area contributed by atoms with E-state index in [0.717, 1.165) is 0 Å². The number of amides is 2. The van der Waals surface area contributed by atoms with Crippen molar-refractivity contribution in [2.45, 2.75) is 52.3 Å². The maximum atomic E-state index is 12.6. The highest BCUT2D eigenvalue weighted by molar-refractivity contribution is 5.94. The van der Waals surface area contributed by atoms with E-state index < -0.39 is 53.7 Å². The van der Waals surface area contributed by atoms with Crippen LogP contribution in [0.4, 0.5) is 0 Å². The molecule has 0 aromatic heterocycles. The maximum Gasteiger partial charge on any atom is 0.377 e. The van der Waals surface area contributed by atoms with Crippen LogP contribution in [0.2, 0.25) is 0 Å². The second-order valence-corrected chi connectivity index (χ2v) is 7.17. The summed E-state index contributed by atoms with van der Waals surface area (Å²) in [6.07, 6.45) is -0.342. The van der Waals surface area contributed by atoms with Gasteiger partial charge in [0, 0.05) is 13.3 Å². The van der Waals surface area contributed by atoms with Crippen LogP contribution in [0.1, 0.15) is 40.5 Å². The fourth-order valence-corrected chi connectivity index (χ4v) is 2.45. The predicted molar refractivity (Wildman–Crippen MR) is 85.0 cm³/mol. The van der Waals surface area contributed by atoms with E-state index in [0.29, 0.717) is 5.06 Å². The molecule has 11 heteroatoms. The molecule has 2 saturated heterocycles. The van der Waals surface area contributed by atoms with Crippen molar-refractivity contribution in [1.82, 2.24) is 10.4 Å². The zero-order chi connectivity index (χ0) is 20.4. The molecule has 0 spiro atoms. The van der Waals surface area contributed by atoms with Gasteiger partial charge in [0.25, 0.3) is 5.91 Å². The van der Waals surface area contributed by atoms with Crippen LogP contribution >= 0.6 is 0 Å². The van der Waals surface area contributed by atoms with Crippen molar-refractivity contribution in [2.75, 3.05) is 13.4 Å². The smallest absolute Gasteiger partial charge is 0.377 e. The van der Waals surface area contributed by atoms with Crippen LogP contribution < -0.4 is 5.32 Å². The molecular formula is C16H22N2O9. The molecule has 0 aromatic carbocycles. The van der Waals surface area contributed by atoms with Crippen molar-refractivity contribution < 1.29 is 43.0 Å². The first kappa shape index (κ1) is 20.6. The number of rotatable bonds is 5. The van der Waals surface area contributed by atoms with Crippen LogP contribution in [-0.2, 0) is 43.0 Å². The van der Waals surface area contributed by atoms with Gasteiger partial charge >= 0.3 is 23.6 Å². The topological polar surface area (TPSA) is 138 Å². The van der Waals surface area contributed by atoms with Crippen LogP contribution in [-0.4, -0.2) is 60.0 Å². The molecule has 2 aliphatic heterocycles. The third kappa shape index (κ3) is 4.35. The number of hydroxylamine groups is 2. The van der Waals surface area contributed by atoms with Gasteiger partial charge in [-0.2, -0.15) is 5.06 Å². The molecule has 1 N–H and O–H groups in total. The molecule has 0 aliphatic carbocycles. The lowest BCUT2D eigenvalue weighted by Crippen LogP contribution is -2.57. The summed E-state index contributed by atoms with van der Waals surface area (Å²) in [5.41, 5.74) is -2.93. The van der Waals surface area contributed by atoms with Crippen LogP contribution in [0.5, 0.6) is 0 Å². The van der Waals surface area contributed by atoms with Crippen molar-refractivity contribution >= 4 is 29.7 Å². The average molecular weight is 386 g/mol. The van der Waals surface area contributed by atoms with E-state index in [1.54, 1.807) is 20.8 Å². The van der Waals surface area contributed by atoms with Crippen LogP contribution in [0.25, 0.3) is 0 Å². The van der Waals surface area contributed by atoms with Gasteiger partial charge in [-0.25, -0.2) is 4.79 Å². The Balaban J connectivity index is 2.09. The lowest BCUT2D eigenvalue weighted by Gasteiger charge is -2.32. The van der Waals surface area contributed by atoms with Gasteiger partial charge in [0.2, 0.25) is 12.7 Å². The van der Waals surface area contributed by atoms with Crippen LogP contribution in [0, 0.1) is 5.41 Å². The van der Waals surface area contributed by atoms with Gasteiger partial charge in [-0.05, 0) is 20.8 Å². The first-order valence-electron chi connectivity index (χ1n) is 8.28. The zero-order valence-electron chi connectivity index (χ0n) is 15.5. The summed E-state index contributed by atoms with van der Waals surface area (Å²) in [4.78, 5) is 64.7. The normalized spacial score (nSPS) is 25.2. The summed E-state index contributed by atoms with van der Waals surface area (Å²) >= 11 is 0. The first-order valence-corrected chi connectivity index (χ1v) is 8.28. The van der Waals surface area contributed by atoms with Crippen molar-refractivity contribution in [3.05, 3.63) is 0 Å². The standard InChI is InChI=1S/C16H22N2O9/c1-9(19)17-10-7-26-18(12(10)21)16(6-5-11(20)27-16)14(23)25-8-24-13(22)15(2,3)4/h10H,5-8H2,1-4H3,(H,17,19)/t10-,16?/m0/s1. The summed E-state index contributed by atoms with van der Waals surface area (Å²) in [7, 11) is 0. The van der Waals surface area contributed by atoms with E-state index >= 15 is 0 Å². The number of cyclic esters (lactones) is 1. The third-order valence-corrected chi connectivity index (χ3v) is 3.84. The third-order valence-electron chi connectivity index (χ3n) is 3.84. The first-order chi connectivity index (χ1) is 12.5. The number of nitrogens with one attached hydrogen (secondary N) is 1. The van der Waals surface area contributed by atoms with Gasteiger partial charge < -0.3 is 19.5 Å². The Labute approximate surface area is 155 Å². The molecule has 2 aliphatic rings. The molecule has 0 aromatic rings. The molecule has 2 rings (SSSR count). The SMILES string of the molecule is CC(=O)N[C@H]1CON(C2(C(=O)OCOC(=O)C(C)(C)C)CCC(=O)O2)C1=O. The number of hydrogen-bond acceptors (Lipinski definition) is 9. The summed E-state index contributed by atoms with van der Waals surface area (Å²) in [6.45, 7) is 5.14. The molecule has 0 saturated carbocycles. The molecule has 0 radical (unpaired) electrons. The summed E-state index contributed by atoms with van der Waals surface area (Å²) < 4.78 is 14.8. The number of esters is 3. The zero-order valence-corrected chi connectivity index (χ0v) is 15.5. The molecule has 150 valence electrons. The van der Waals surface area contributed by atoms with Gasteiger partial charge in [-0.3, -0.25) is 24.0 Å². The van der Waals surface area contributed by atoms with E-state index in [1.165, 1.54) is 6.92 Å². The molecule has 2 heterocycles. The van der Waals surface area contributed by atoms with E-state index in [1.807, 2.05) is 0 Å². The van der Waals surface area contributed by atoms with Gasteiger partial charge in [0.15, 0.2) is 0 Å². The molecule has 2 amide bonds. The van der Waals surface area contributed by atoms with Crippen molar-refractivity contribution in [3.63, 3.8) is 0 Å². The maximum absolute atomic E-state index is 12.6. The summed E-state index contributed by atoms with van der Waals surface area (Å²) in [5, 5.41) is 2.97. The second-order valence-electron chi connectivity index (χ2n) is 7.17. The van der Waals surface area contributed by atoms with Crippen molar-refractivity contribution in [3.8, 4) is 0 Å². The Morgan fingerprint density at radius 3 is 2.44 bits per heavy atom. The number of carbonyl (C=O) groups excluding carboxylic acids is 5. The second kappa shape index (κ2) is 7.51. The minimum Gasteiger partial charge on any atom is -0.427 e. The Morgan fingerprint density at radius 1 is 1.26 bits per heavy atom. The van der Waals surface area contributed by atoms with Gasteiger partial charge in [-0.15, -0.1) is 0 Å². The van der Waals surface area contributed by atoms with Crippen molar-refractivity contribution in [2.24, 2.45) is 5.41 Å². The molecule has 27 heavy (non-hydrogen) atoms. The fraction of sp³-hybridized carbons (Fsp3) is 0.688.